The summed E-state index contributed by atoms with van der Waals surface area (Å²) in [5, 5.41) is 15.5. The Morgan fingerprint density at radius 1 is 1.53 bits per heavy atom. The van der Waals surface area contributed by atoms with Gasteiger partial charge in [0.1, 0.15) is 0 Å². The van der Waals surface area contributed by atoms with Crippen molar-refractivity contribution >= 4 is 0 Å². The van der Waals surface area contributed by atoms with Crippen LogP contribution in [0, 0.1) is 5.41 Å². The molecule has 0 saturated heterocycles. The van der Waals surface area contributed by atoms with Crippen molar-refractivity contribution in [3.05, 3.63) is 5.82 Å². The Balaban J connectivity index is 1.88. The first-order chi connectivity index (χ1) is 7.08. The number of nitrogens with one attached hydrogen (secondary N) is 1. The fourth-order valence-corrected chi connectivity index (χ4v) is 2.31. The predicted octanol–water partition coefficient (Wildman–Crippen LogP) is 0.878. The zero-order chi connectivity index (χ0) is 10.9. The second-order valence-corrected chi connectivity index (χ2v) is 5.01. The van der Waals surface area contributed by atoms with Gasteiger partial charge in [-0.25, -0.2) is 0 Å². The number of hydrogen-bond donors (Lipinski definition) is 1. The maximum absolute atomic E-state index is 4.15. The van der Waals surface area contributed by atoms with E-state index in [1.807, 2.05) is 0 Å². The smallest absolute Gasteiger partial charge is 0.188 e. The van der Waals surface area contributed by atoms with E-state index in [0.29, 0.717) is 11.5 Å². The van der Waals surface area contributed by atoms with Crippen LogP contribution in [-0.2, 0) is 13.6 Å². The molecule has 1 atom stereocenters. The van der Waals surface area contributed by atoms with Gasteiger partial charge in [0.05, 0.1) is 13.6 Å². The summed E-state index contributed by atoms with van der Waals surface area (Å²) in [7, 11) is 1.79. The van der Waals surface area contributed by atoms with Gasteiger partial charge in [-0.1, -0.05) is 20.3 Å². The van der Waals surface area contributed by atoms with Crippen molar-refractivity contribution in [1.29, 1.82) is 0 Å². The van der Waals surface area contributed by atoms with Gasteiger partial charge in [0.25, 0.3) is 0 Å². The lowest BCUT2D eigenvalue weighted by molar-refractivity contribution is 0.281. The number of rotatable bonds is 3. The van der Waals surface area contributed by atoms with Crippen LogP contribution in [-0.4, -0.2) is 26.2 Å². The summed E-state index contributed by atoms with van der Waals surface area (Å²) in [4.78, 5) is 1.50. The Labute approximate surface area is 90.2 Å². The van der Waals surface area contributed by atoms with Gasteiger partial charge in [0.15, 0.2) is 5.82 Å². The van der Waals surface area contributed by atoms with Crippen molar-refractivity contribution in [3.8, 4) is 0 Å². The molecule has 0 bridgehead atoms. The molecule has 15 heavy (non-hydrogen) atoms. The molecule has 1 aliphatic rings. The van der Waals surface area contributed by atoms with Crippen LogP contribution in [0.3, 0.4) is 0 Å². The van der Waals surface area contributed by atoms with E-state index in [4.69, 9.17) is 0 Å². The minimum Gasteiger partial charge on any atom is -0.306 e. The largest absolute Gasteiger partial charge is 0.306 e. The van der Waals surface area contributed by atoms with Gasteiger partial charge in [0, 0.05) is 6.04 Å². The molecule has 1 unspecified atom stereocenters. The topological polar surface area (TPSA) is 55.6 Å². The first kappa shape index (κ1) is 10.5. The molecule has 5 nitrogen and oxygen atoms in total. The van der Waals surface area contributed by atoms with E-state index in [-0.39, 0.29) is 0 Å². The van der Waals surface area contributed by atoms with E-state index in [2.05, 4.69) is 34.6 Å². The zero-order valence-corrected chi connectivity index (χ0v) is 9.69. The van der Waals surface area contributed by atoms with Crippen LogP contribution in [0.5, 0.6) is 0 Å². The molecule has 0 spiro atoms. The Bertz CT molecular complexity index is 330. The molecule has 0 amide bonds. The fourth-order valence-electron chi connectivity index (χ4n) is 2.31. The third-order valence-electron chi connectivity index (χ3n) is 3.31. The average Bonchev–Trinajstić information content (AvgIpc) is 2.69. The average molecular weight is 209 g/mol. The number of hydrogen-bond acceptors (Lipinski definition) is 4. The number of tetrazole rings is 1. The van der Waals surface area contributed by atoms with Crippen molar-refractivity contribution in [2.75, 3.05) is 0 Å². The highest BCUT2D eigenvalue weighted by Crippen LogP contribution is 2.37. The maximum Gasteiger partial charge on any atom is 0.188 e. The quantitative estimate of drug-likeness (QED) is 0.803. The third-order valence-corrected chi connectivity index (χ3v) is 3.31. The highest BCUT2D eigenvalue weighted by atomic mass is 15.6. The highest BCUT2D eigenvalue weighted by molar-refractivity contribution is 4.91. The first-order valence-corrected chi connectivity index (χ1v) is 5.54. The van der Waals surface area contributed by atoms with E-state index in [1.165, 1.54) is 24.1 Å². The second kappa shape index (κ2) is 3.89. The summed E-state index contributed by atoms with van der Waals surface area (Å²) in [6.45, 7) is 5.37. The lowest BCUT2D eigenvalue weighted by atomic mass is 9.87. The lowest BCUT2D eigenvalue weighted by Gasteiger charge is -2.27. The molecule has 1 saturated carbocycles. The molecule has 1 aromatic heterocycles. The number of aromatic nitrogens is 4. The normalized spacial score (nSPS) is 24.6. The molecule has 2 rings (SSSR count). The molecule has 84 valence electrons. The van der Waals surface area contributed by atoms with E-state index < -0.39 is 0 Å². The van der Waals surface area contributed by atoms with Crippen molar-refractivity contribution in [3.63, 3.8) is 0 Å². The molecular formula is C10H19N5. The monoisotopic (exact) mass is 209 g/mol. The summed E-state index contributed by atoms with van der Waals surface area (Å²) < 4.78 is 0. The van der Waals surface area contributed by atoms with Crippen LogP contribution >= 0.6 is 0 Å². The summed E-state index contributed by atoms with van der Waals surface area (Å²) >= 11 is 0. The second-order valence-electron chi connectivity index (χ2n) is 5.01. The number of nitrogens with zero attached hydrogens (tertiary/aromatic N) is 4. The molecule has 0 aromatic carbocycles. The van der Waals surface area contributed by atoms with Crippen LogP contribution < -0.4 is 5.32 Å². The molecule has 5 heteroatoms. The van der Waals surface area contributed by atoms with Crippen LogP contribution in [0.4, 0.5) is 0 Å². The molecule has 1 aliphatic carbocycles. The molecule has 0 aliphatic heterocycles. The molecule has 1 aromatic rings. The minimum absolute atomic E-state index is 0.405. The van der Waals surface area contributed by atoms with E-state index in [1.54, 1.807) is 7.05 Å². The molecule has 1 fully saturated rings. The number of aryl methyl sites for hydroxylation is 1. The lowest BCUT2D eigenvalue weighted by Crippen LogP contribution is -2.37. The molecule has 0 radical (unpaired) electrons. The Hall–Kier alpha value is -0.970. The fraction of sp³-hybridized carbons (Fsp3) is 0.900. The Morgan fingerprint density at radius 2 is 2.33 bits per heavy atom. The Morgan fingerprint density at radius 3 is 2.87 bits per heavy atom. The van der Waals surface area contributed by atoms with Gasteiger partial charge < -0.3 is 5.32 Å². The van der Waals surface area contributed by atoms with Crippen LogP contribution in [0.15, 0.2) is 0 Å². The van der Waals surface area contributed by atoms with Crippen molar-refractivity contribution < 1.29 is 0 Å². The SMILES string of the molecule is Cn1nnc(CNC2CCCC2(C)C)n1. The molecule has 1 heterocycles. The van der Waals surface area contributed by atoms with Gasteiger partial charge in [-0.2, -0.15) is 4.80 Å². The van der Waals surface area contributed by atoms with Crippen molar-refractivity contribution in [2.45, 2.75) is 45.7 Å². The summed E-state index contributed by atoms with van der Waals surface area (Å²) in [6.07, 6.45) is 3.88. The van der Waals surface area contributed by atoms with Crippen molar-refractivity contribution in [2.24, 2.45) is 12.5 Å². The van der Waals surface area contributed by atoms with Gasteiger partial charge in [-0.3, -0.25) is 0 Å². The summed E-state index contributed by atoms with van der Waals surface area (Å²) in [6, 6.07) is 0.585. The van der Waals surface area contributed by atoms with Crippen LogP contribution in [0.1, 0.15) is 38.9 Å². The Kier molecular flexibility index (Phi) is 2.73. The molecule has 1 N–H and O–H groups in total. The van der Waals surface area contributed by atoms with Crippen LogP contribution in [0.25, 0.3) is 0 Å². The van der Waals surface area contributed by atoms with Crippen LogP contribution in [0.2, 0.25) is 0 Å². The maximum atomic E-state index is 4.15. The first-order valence-electron chi connectivity index (χ1n) is 5.54. The van der Waals surface area contributed by atoms with Gasteiger partial charge in [-0.05, 0) is 23.5 Å². The van der Waals surface area contributed by atoms with Crippen molar-refractivity contribution in [1.82, 2.24) is 25.5 Å². The highest BCUT2D eigenvalue weighted by Gasteiger charge is 2.33. The summed E-state index contributed by atoms with van der Waals surface area (Å²) in [5.74, 6) is 0.778. The van der Waals surface area contributed by atoms with Gasteiger partial charge >= 0.3 is 0 Å². The molecular weight excluding hydrogens is 190 g/mol. The zero-order valence-electron chi connectivity index (χ0n) is 9.69. The van der Waals surface area contributed by atoms with Gasteiger partial charge in [0.2, 0.25) is 0 Å². The van der Waals surface area contributed by atoms with E-state index in [9.17, 15) is 0 Å². The summed E-state index contributed by atoms with van der Waals surface area (Å²) in [5.41, 5.74) is 0.405. The minimum atomic E-state index is 0.405. The standard InChI is InChI=1S/C10H19N5/c1-10(2)6-4-5-8(10)11-7-9-12-14-15(3)13-9/h8,11H,4-7H2,1-3H3. The van der Waals surface area contributed by atoms with Gasteiger partial charge in [-0.15, -0.1) is 10.2 Å². The third kappa shape index (κ3) is 2.34. The van der Waals surface area contributed by atoms with E-state index in [0.717, 1.165) is 12.4 Å². The van der Waals surface area contributed by atoms with E-state index >= 15 is 0 Å². The predicted molar refractivity (Wildman–Crippen MR) is 57.1 cm³/mol.